The fourth-order valence-corrected chi connectivity index (χ4v) is 5.36. The Morgan fingerprint density at radius 3 is 2.33 bits per heavy atom. The third-order valence-electron chi connectivity index (χ3n) is 4.91. The minimum Gasteiger partial charge on any atom is -0.342 e. The maximum absolute atomic E-state index is 12.6. The van der Waals surface area contributed by atoms with E-state index in [0.717, 1.165) is 25.9 Å². The normalized spacial score (nSPS) is 20.5. The minimum atomic E-state index is -3.40. The molecule has 2 heterocycles. The lowest BCUT2D eigenvalue weighted by Crippen LogP contribution is -2.44. The maximum Gasteiger partial charge on any atom is 0.225 e. The standard InChI is InChI=1S/C17H23ClN2O3S/c18-16-6-2-1-5-15(16)13-24(22,23)20-11-7-14(8-12-20)17(21)19-9-3-4-10-19/h1-2,5-6,14H,3-4,7-13H2. The summed E-state index contributed by atoms with van der Waals surface area (Å²) in [6, 6.07) is 7.02. The highest BCUT2D eigenvalue weighted by Crippen LogP contribution is 2.26. The van der Waals surface area contributed by atoms with E-state index in [4.69, 9.17) is 11.6 Å². The molecule has 1 amide bonds. The molecule has 0 spiro atoms. The van der Waals surface area contributed by atoms with Crippen LogP contribution < -0.4 is 0 Å². The summed E-state index contributed by atoms with van der Waals surface area (Å²) in [5.41, 5.74) is 0.620. The van der Waals surface area contributed by atoms with Crippen molar-refractivity contribution in [1.29, 1.82) is 0 Å². The summed E-state index contributed by atoms with van der Waals surface area (Å²) in [6.07, 6.45) is 3.38. The van der Waals surface area contributed by atoms with Gasteiger partial charge in [0.1, 0.15) is 0 Å². The maximum atomic E-state index is 12.6. The lowest BCUT2D eigenvalue weighted by molar-refractivity contribution is -0.135. The Kier molecular flexibility index (Phi) is 5.47. The van der Waals surface area contributed by atoms with Crippen LogP contribution in [0.25, 0.3) is 0 Å². The Labute approximate surface area is 148 Å². The third-order valence-corrected chi connectivity index (χ3v) is 7.11. The molecule has 2 fully saturated rings. The number of nitrogens with zero attached hydrogens (tertiary/aromatic N) is 2. The van der Waals surface area contributed by atoms with Crippen molar-refractivity contribution in [3.05, 3.63) is 34.9 Å². The first-order valence-electron chi connectivity index (χ1n) is 8.47. The first-order valence-corrected chi connectivity index (χ1v) is 10.5. The molecule has 2 saturated heterocycles. The van der Waals surface area contributed by atoms with Gasteiger partial charge in [-0.1, -0.05) is 29.8 Å². The van der Waals surface area contributed by atoms with Crippen LogP contribution in [0.2, 0.25) is 5.02 Å². The fraction of sp³-hybridized carbons (Fsp3) is 0.588. The second kappa shape index (κ2) is 7.42. The summed E-state index contributed by atoms with van der Waals surface area (Å²) in [7, 11) is -3.40. The number of halogens is 1. The number of amides is 1. The van der Waals surface area contributed by atoms with Crippen LogP contribution in [0.1, 0.15) is 31.2 Å². The van der Waals surface area contributed by atoms with Crippen molar-refractivity contribution in [2.24, 2.45) is 5.92 Å². The van der Waals surface area contributed by atoms with Crippen molar-refractivity contribution in [2.75, 3.05) is 26.2 Å². The van der Waals surface area contributed by atoms with E-state index in [1.54, 1.807) is 24.3 Å². The Balaban J connectivity index is 1.59. The van der Waals surface area contributed by atoms with Gasteiger partial charge in [0.2, 0.25) is 15.9 Å². The molecule has 0 bridgehead atoms. The van der Waals surface area contributed by atoms with Gasteiger partial charge in [-0.05, 0) is 37.3 Å². The molecule has 0 unspecified atom stereocenters. The molecule has 0 radical (unpaired) electrons. The molecule has 2 aliphatic rings. The number of hydrogen-bond donors (Lipinski definition) is 0. The third kappa shape index (κ3) is 3.92. The molecule has 2 aliphatic heterocycles. The van der Waals surface area contributed by atoms with Crippen molar-refractivity contribution in [3.8, 4) is 0 Å². The molecule has 0 saturated carbocycles. The first kappa shape index (κ1) is 17.7. The zero-order valence-electron chi connectivity index (χ0n) is 13.7. The van der Waals surface area contributed by atoms with Crippen molar-refractivity contribution in [3.63, 3.8) is 0 Å². The van der Waals surface area contributed by atoms with Gasteiger partial charge in [-0.15, -0.1) is 0 Å². The number of sulfonamides is 1. The minimum absolute atomic E-state index is 0.0325. The van der Waals surface area contributed by atoms with Crippen LogP contribution in [-0.2, 0) is 20.6 Å². The number of rotatable bonds is 4. The molecular weight excluding hydrogens is 348 g/mol. The topological polar surface area (TPSA) is 57.7 Å². The Morgan fingerprint density at radius 2 is 1.71 bits per heavy atom. The molecule has 5 nitrogen and oxygen atoms in total. The smallest absolute Gasteiger partial charge is 0.225 e. The Morgan fingerprint density at radius 1 is 1.08 bits per heavy atom. The van der Waals surface area contributed by atoms with Crippen molar-refractivity contribution in [1.82, 2.24) is 9.21 Å². The van der Waals surface area contributed by atoms with Crippen LogP contribution in [0.15, 0.2) is 24.3 Å². The van der Waals surface area contributed by atoms with Crippen molar-refractivity contribution < 1.29 is 13.2 Å². The molecule has 24 heavy (non-hydrogen) atoms. The van der Waals surface area contributed by atoms with Crippen LogP contribution in [0.4, 0.5) is 0 Å². The van der Waals surface area contributed by atoms with Gasteiger partial charge in [0.15, 0.2) is 0 Å². The SMILES string of the molecule is O=C(C1CCN(S(=O)(=O)Cc2ccccc2Cl)CC1)N1CCCC1. The number of likely N-dealkylation sites (tertiary alicyclic amines) is 1. The van der Waals surface area contributed by atoms with E-state index in [2.05, 4.69) is 0 Å². The van der Waals surface area contributed by atoms with E-state index in [1.807, 2.05) is 4.90 Å². The Bertz CT molecular complexity index is 694. The van der Waals surface area contributed by atoms with Crippen LogP contribution >= 0.6 is 11.6 Å². The average molecular weight is 371 g/mol. The van der Waals surface area contributed by atoms with Gasteiger partial charge in [-0.25, -0.2) is 12.7 Å². The predicted octanol–water partition coefficient (Wildman–Crippen LogP) is 2.50. The monoisotopic (exact) mass is 370 g/mol. The number of carbonyl (C=O) groups excluding carboxylic acids is 1. The van der Waals surface area contributed by atoms with Gasteiger partial charge in [0, 0.05) is 37.1 Å². The first-order chi connectivity index (χ1) is 11.5. The molecule has 1 aromatic carbocycles. The van der Waals surface area contributed by atoms with E-state index in [1.165, 1.54) is 4.31 Å². The highest BCUT2D eigenvalue weighted by Gasteiger charge is 2.33. The van der Waals surface area contributed by atoms with Crippen LogP contribution in [-0.4, -0.2) is 49.7 Å². The molecule has 132 valence electrons. The van der Waals surface area contributed by atoms with Gasteiger partial charge in [-0.3, -0.25) is 4.79 Å². The summed E-state index contributed by atoms with van der Waals surface area (Å²) in [5.74, 6) is 0.0859. The molecule has 0 aliphatic carbocycles. The van der Waals surface area contributed by atoms with E-state index in [9.17, 15) is 13.2 Å². The zero-order chi connectivity index (χ0) is 17.2. The van der Waals surface area contributed by atoms with E-state index in [0.29, 0.717) is 36.5 Å². The van der Waals surface area contributed by atoms with Crippen molar-refractivity contribution in [2.45, 2.75) is 31.4 Å². The van der Waals surface area contributed by atoms with Crippen LogP contribution in [0.5, 0.6) is 0 Å². The second-order valence-electron chi connectivity index (χ2n) is 6.55. The molecule has 0 aromatic heterocycles. The van der Waals surface area contributed by atoms with Gasteiger partial charge in [-0.2, -0.15) is 0 Å². The van der Waals surface area contributed by atoms with Gasteiger partial charge in [0.25, 0.3) is 0 Å². The summed E-state index contributed by atoms with van der Waals surface area (Å²) < 4.78 is 26.7. The van der Waals surface area contributed by atoms with Gasteiger partial charge < -0.3 is 4.90 Å². The van der Waals surface area contributed by atoms with E-state index >= 15 is 0 Å². The summed E-state index contributed by atoms with van der Waals surface area (Å²) >= 11 is 6.07. The predicted molar refractivity (Wildman–Crippen MR) is 94.2 cm³/mol. The lowest BCUT2D eigenvalue weighted by atomic mass is 9.97. The fourth-order valence-electron chi connectivity index (χ4n) is 3.48. The van der Waals surface area contributed by atoms with Crippen LogP contribution in [0.3, 0.4) is 0 Å². The summed E-state index contributed by atoms with van der Waals surface area (Å²) in [5, 5.41) is 0.472. The number of piperidine rings is 1. The largest absolute Gasteiger partial charge is 0.342 e. The highest BCUT2D eigenvalue weighted by molar-refractivity contribution is 7.88. The molecule has 1 aromatic rings. The summed E-state index contributed by atoms with van der Waals surface area (Å²) in [6.45, 7) is 2.53. The average Bonchev–Trinajstić information content (AvgIpc) is 3.11. The summed E-state index contributed by atoms with van der Waals surface area (Å²) in [4.78, 5) is 14.4. The van der Waals surface area contributed by atoms with E-state index < -0.39 is 10.0 Å². The number of hydrogen-bond acceptors (Lipinski definition) is 3. The molecule has 3 rings (SSSR count). The molecule has 7 heteroatoms. The zero-order valence-corrected chi connectivity index (χ0v) is 15.2. The van der Waals surface area contributed by atoms with Gasteiger partial charge in [0.05, 0.1) is 5.75 Å². The second-order valence-corrected chi connectivity index (χ2v) is 8.93. The van der Waals surface area contributed by atoms with E-state index in [-0.39, 0.29) is 17.6 Å². The lowest BCUT2D eigenvalue weighted by Gasteiger charge is -2.32. The van der Waals surface area contributed by atoms with Crippen molar-refractivity contribution >= 4 is 27.5 Å². The quantitative estimate of drug-likeness (QED) is 0.818. The molecule has 0 N–H and O–H groups in total. The molecular formula is C17H23ClN2O3S. The highest BCUT2D eigenvalue weighted by atomic mass is 35.5. The number of benzene rings is 1. The van der Waals surface area contributed by atoms with Gasteiger partial charge >= 0.3 is 0 Å². The number of carbonyl (C=O) groups is 1. The molecule has 0 atom stereocenters. The Hall–Kier alpha value is -1.11. The van der Waals surface area contributed by atoms with Crippen LogP contribution in [0, 0.1) is 5.92 Å².